The Balaban J connectivity index is 1.99. The Kier molecular flexibility index (Phi) is 11.3. The van der Waals surface area contributed by atoms with E-state index in [-0.39, 0.29) is 21.7 Å². The molecule has 0 spiro atoms. The molecule has 0 radical (unpaired) electrons. The van der Waals surface area contributed by atoms with Crippen molar-refractivity contribution in [2.24, 2.45) is 21.8 Å². The highest BCUT2D eigenvalue weighted by atomic mass is 16.5. The molecule has 0 heterocycles. The zero-order valence-electron chi connectivity index (χ0n) is 32.7. The van der Waals surface area contributed by atoms with Gasteiger partial charge in [-0.3, -0.25) is 9.98 Å². The average Bonchev–Trinajstić information content (AvgIpc) is 2.94. The molecule has 3 heteroatoms. The summed E-state index contributed by atoms with van der Waals surface area (Å²) in [4.78, 5) is 10.6. The van der Waals surface area contributed by atoms with Gasteiger partial charge in [0.05, 0.1) is 12.1 Å². The van der Waals surface area contributed by atoms with E-state index < -0.39 is 0 Å². The van der Waals surface area contributed by atoms with Crippen molar-refractivity contribution in [3.8, 4) is 11.5 Å². The van der Waals surface area contributed by atoms with Gasteiger partial charge in [-0.15, -0.1) is 0 Å². The maximum absolute atomic E-state index is 7.44. The molecule has 2 aromatic carbocycles. The van der Waals surface area contributed by atoms with Crippen LogP contribution in [0.1, 0.15) is 182 Å². The molecule has 2 aromatic rings. The lowest BCUT2D eigenvalue weighted by atomic mass is 9.78. The molecule has 3 nitrogen and oxygen atoms in total. The largest absolute Gasteiger partial charge is 0.455 e. The lowest BCUT2D eigenvalue weighted by Crippen LogP contribution is -2.22. The second-order valence-corrected chi connectivity index (χ2v) is 19.2. The molecule has 2 fully saturated rings. The molecule has 0 aliphatic heterocycles. The molecular weight excluding hydrogens is 572 g/mol. The molecular formula is C44H68N2O. The monoisotopic (exact) mass is 641 g/mol. The third-order valence-electron chi connectivity index (χ3n) is 10.7. The molecule has 0 bridgehead atoms. The SMILES string of the molecule is CC1CCCCC1N=Cc1cc(C(C)(C)C)cc(C(C)(C)C)c1Oc1c(C=NC2CCCCC2C)cc(C(C)(C)C)cc1C(C)(C)C. The van der Waals surface area contributed by atoms with E-state index in [1.807, 2.05) is 0 Å². The summed E-state index contributed by atoms with van der Waals surface area (Å²) in [6.45, 7) is 32.5. The van der Waals surface area contributed by atoms with E-state index in [4.69, 9.17) is 14.7 Å². The first kappa shape index (κ1) is 37.4. The maximum Gasteiger partial charge on any atom is 0.139 e. The lowest BCUT2D eigenvalue weighted by molar-refractivity contribution is 0.333. The van der Waals surface area contributed by atoms with E-state index in [1.54, 1.807) is 0 Å². The molecule has 0 saturated heterocycles. The van der Waals surface area contributed by atoms with Crippen molar-refractivity contribution < 1.29 is 4.74 Å². The van der Waals surface area contributed by atoms with Crippen LogP contribution in [0.2, 0.25) is 0 Å². The van der Waals surface area contributed by atoms with Gasteiger partial charge in [-0.1, -0.05) is 135 Å². The van der Waals surface area contributed by atoms with Crippen LogP contribution in [-0.4, -0.2) is 24.5 Å². The van der Waals surface area contributed by atoms with Crippen molar-refractivity contribution in [2.75, 3.05) is 0 Å². The summed E-state index contributed by atoms with van der Waals surface area (Å²) in [5, 5.41) is 0. The molecule has 2 aliphatic carbocycles. The average molecular weight is 641 g/mol. The molecule has 0 aromatic heterocycles. The molecule has 260 valence electrons. The Labute approximate surface area is 289 Å². The van der Waals surface area contributed by atoms with E-state index in [0.29, 0.717) is 23.9 Å². The topological polar surface area (TPSA) is 34.0 Å². The van der Waals surface area contributed by atoms with E-state index in [0.717, 1.165) is 22.6 Å². The van der Waals surface area contributed by atoms with Gasteiger partial charge in [0.1, 0.15) is 11.5 Å². The van der Waals surface area contributed by atoms with E-state index >= 15 is 0 Å². The molecule has 4 rings (SSSR count). The summed E-state index contributed by atoms with van der Waals surface area (Å²) < 4.78 is 7.44. The normalized spacial score (nSPS) is 23.5. The first-order chi connectivity index (χ1) is 21.7. The minimum absolute atomic E-state index is 0.00130. The van der Waals surface area contributed by atoms with Gasteiger partial charge in [-0.25, -0.2) is 0 Å². The highest BCUT2D eigenvalue weighted by Gasteiger charge is 2.31. The van der Waals surface area contributed by atoms with Gasteiger partial charge >= 0.3 is 0 Å². The maximum atomic E-state index is 7.44. The molecule has 2 aliphatic rings. The quantitative estimate of drug-likeness (QED) is 0.289. The van der Waals surface area contributed by atoms with Crippen LogP contribution >= 0.6 is 0 Å². The van der Waals surface area contributed by atoms with Crippen LogP contribution in [0.25, 0.3) is 0 Å². The van der Waals surface area contributed by atoms with Gasteiger partial charge in [0, 0.05) is 34.7 Å². The first-order valence-electron chi connectivity index (χ1n) is 18.8. The number of benzene rings is 2. The lowest BCUT2D eigenvalue weighted by Gasteiger charge is -2.32. The first-order valence-corrected chi connectivity index (χ1v) is 18.8. The van der Waals surface area contributed by atoms with Gasteiger partial charge < -0.3 is 4.74 Å². The van der Waals surface area contributed by atoms with Crippen molar-refractivity contribution in [3.63, 3.8) is 0 Å². The molecule has 47 heavy (non-hydrogen) atoms. The standard InChI is InChI=1S/C44H68N2O/c1-29-19-15-17-21-37(29)45-27-31-23-33(41(3,4)5)25-35(43(9,10)11)39(31)47-40-32(28-46-38-22-18-16-20-30(38)2)24-34(42(6,7)8)26-36(40)44(12,13)14/h23-30,37-38H,15-22H2,1-14H3. The van der Waals surface area contributed by atoms with Crippen molar-refractivity contribution in [3.05, 3.63) is 57.6 Å². The third-order valence-corrected chi connectivity index (χ3v) is 10.7. The van der Waals surface area contributed by atoms with Crippen molar-refractivity contribution in [1.29, 1.82) is 0 Å². The smallest absolute Gasteiger partial charge is 0.139 e. The summed E-state index contributed by atoms with van der Waals surface area (Å²) in [7, 11) is 0. The molecule has 4 unspecified atom stereocenters. The van der Waals surface area contributed by atoms with E-state index in [9.17, 15) is 0 Å². The Hall–Kier alpha value is -2.42. The summed E-state index contributed by atoms with van der Waals surface area (Å²) in [5.74, 6) is 3.10. The summed E-state index contributed by atoms with van der Waals surface area (Å²) >= 11 is 0. The highest BCUT2D eigenvalue weighted by molar-refractivity contribution is 5.88. The van der Waals surface area contributed by atoms with Crippen LogP contribution in [0, 0.1) is 11.8 Å². The van der Waals surface area contributed by atoms with Crippen LogP contribution in [-0.2, 0) is 21.7 Å². The summed E-state index contributed by atoms with van der Waals surface area (Å²) in [6.07, 6.45) is 14.3. The number of aliphatic imine (C=N–C) groups is 2. The predicted octanol–water partition coefficient (Wildman–Crippen LogP) is 12.7. The zero-order chi connectivity index (χ0) is 34.9. The Morgan fingerprint density at radius 2 is 0.851 bits per heavy atom. The molecule has 4 atom stereocenters. The molecule has 0 N–H and O–H groups in total. The van der Waals surface area contributed by atoms with Gasteiger partial charge in [0.25, 0.3) is 0 Å². The van der Waals surface area contributed by atoms with Gasteiger partial charge in [0.15, 0.2) is 0 Å². The van der Waals surface area contributed by atoms with Crippen molar-refractivity contribution in [2.45, 2.75) is 182 Å². The minimum atomic E-state index is -0.129. The Bertz CT molecular complexity index is 1320. The van der Waals surface area contributed by atoms with Gasteiger partial charge in [-0.2, -0.15) is 0 Å². The second-order valence-electron chi connectivity index (χ2n) is 19.2. The number of hydrogen-bond acceptors (Lipinski definition) is 3. The number of rotatable bonds is 6. The summed E-state index contributed by atoms with van der Waals surface area (Å²) in [6, 6.07) is 10.2. The molecule has 2 saturated carbocycles. The fourth-order valence-corrected chi connectivity index (χ4v) is 7.19. The van der Waals surface area contributed by atoms with Crippen LogP contribution in [0.4, 0.5) is 0 Å². The second kappa shape index (κ2) is 14.2. The number of ether oxygens (including phenoxy) is 1. The van der Waals surface area contributed by atoms with E-state index in [2.05, 4.69) is 134 Å². The highest BCUT2D eigenvalue weighted by Crippen LogP contribution is 2.45. The van der Waals surface area contributed by atoms with Crippen LogP contribution in [0.3, 0.4) is 0 Å². The fraction of sp³-hybridized carbons (Fsp3) is 0.682. The number of nitrogens with zero attached hydrogens (tertiary/aromatic N) is 2. The van der Waals surface area contributed by atoms with Gasteiger partial charge in [0.2, 0.25) is 0 Å². The predicted molar refractivity (Wildman–Crippen MR) is 206 cm³/mol. The van der Waals surface area contributed by atoms with Crippen LogP contribution in [0.15, 0.2) is 34.3 Å². The van der Waals surface area contributed by atoms with E-state index in [1.165, 1.54) is 73.6 Å². The Morgan fingerprint density at radius 3 is 1.15 bits per heavy atom. The van der Waals surface area contributed by atoms with Crippen molar-refractivity contribution >= 4 is 12.4 Å². The molecule has 0 amide bonds. The fourth-order valence-electron chi connectivity index (χ4n) is 7.19. The van der Waals surface area contributed by atoms with Crippen LogP contribution < -0.4 is 4.74 Å². The minimum Gasteiger partial charge on any atom is -0.455 e. The van der Waals surface area contributed by atoms with Crippen LogP contribution in [0.5, 0.6) is 11.5 Å². The zero-order valence-corrected chi connectivity index (χ0v) is 32.7. The van der Waals surface area contributed by atoms with Gasteiger partial charge in [-0.05, 0) is 82.4 Å². The summed E-state index contributed by atoms with van der Waals surface area (Å²) in [5.41, 5.74) is 7.01. The van der Waals surface area contributed by atoms with Crippen molar-refractivity contribution in [1.82, 2.24) is 0 Å². The Morgan fingerprint density at radius 1 is 0.511 bits per heavy atom. The number of hydrogen-bond donors (Lipinski definition) is 0. The third kappa shape index (κ3) is 9.39.